The molecule has 1 aromatic carbocycles. The number of rotatable bonds is 6. The van der Waals surface area contributed by atoms with E-state index in [4.69, 9.17) is 14.2 Å². The maximum Gasteiger partial charge on any atom is 0.161 e. The lowest BCUT2D eigenvalue weighted by Gasteiger charge is -2.43. The van der Waals surface area contributed by atoms with Crippen molar-refractivity contribution in [3.05, 3.63) is 24.3 Å². The fourth-order valence-corrected chi connectivity index (χ4v) is 5.44. The van der Waals surface area contributed by atoms with Gasteiger partial charge in [0.25, 0.3) is 0 Å². The highest BCUT2D eigenvalue weighted by molar-refractivity contribution is 5.39. The molecule has 1 saturated carbocycles. The second-order valence-corrected chi connectivity index (χ2v) is 9.47. The number of hydrogen-bond acceptors (Lipinski definition) is 6. The van der Waals surface area contributed by atoms with Gasteiger partial charge >= 0.3 is 0 Å². The van der Waals surface area contributed by atoms with Gasteiger partial charge in [-0.25, -0.2) is 0 Å². The number of para-hydroxylation sites is 2. The van der Waals surface area contributed by atoms with E-state index in [1.807, 2.05) is 24.3 Å². The van der Waals surface area contributed by atoms with Crippen LogP contribution in [0.2, 0.25) is 0 Å². The van der Waals surface area contributed by atoms with Gasteiger partial charge in [0.1, 0.15) is 6.10 Å². The summed E-state index contributed by atoms with van der Waals surface area (Å²) in [6.07, 6.45) is 1.13. The lowest BCUT2D eigenvalue weighted by atomic mass is 9.78. The van der Waals surface area contributed by atoms with Crippen molar-refractivity contribution in [3.63, 3.8) is 0 Å². The summed E-state index contributed by atoms with van der Waals surface area (Å²) < 4.78 is 17.1. The molecule has 4 atom stereocenters. The van der Waals surface area contributed by atoms with Crippen LogP contribution in [0.15, 0.2) is 24.3 Å². The minimum atomic E-state index is -0.423. The Morgan fingerprint density at radius 3 is 2.41 bits per heavy atom. The van der Waals surface area contributed by atoms with Crippen molar-refractivity contribution in [2.24, 2.45) is 11.8 Å². The van der Waals surface area contributed by atoms with Gasteiger partial charge in [-0.05, 0) is 50.7 Å². The number of aliphatic hydroxyl groups is 1. The van der Waals surface area contributed by atoms with Crippen molar-refractivity contribution in [1.82, 2.24) is 9.80 Å². The van der Waals surface area contributed by atoms with Crippen LogP contribution in [0.25, 0.3) is 0 Å². The molecule has 29 heavy (non-hydrogen) atoms. The second kappa shape index (κ2) is 8.80. The molecule has 2 heterocycles. The van der Waals surface area contributed by atoms with Crippen molar-refractivity contribution in [2.75, 3.05) is 53.0 Å². The van der Waals surface area contributed by atoms with Gasteiger partial charge in [-0.15, -0.1) is 0 Å². The molecule has 3 fully saturated rings. The number of fused-ring (bicyclic) bond motifs is 1. The molecule has 6 nitrogen and oxygen atoms in total. The Bertz CT molecular complexity index is 677. The van der Waals surface area contributed by atoms with E-state index in [1.54, 1.807) is 7.11 Å². The normalized spacial score (nSPS) is 31.4. The van der Waals surface area contributed by atoms with Gasteiger partial charge in [-0.2, -0.15) is 0 Å². The monoisotopic (exact) mass is 404 g/mol. The molecular weight excluding hydrogens is 368 g/mol. The first-order valence-corrected chi connectivity index (χ1v) is 11.0. The summed E-state index contributed by atoms with van der Waals surface area (Å²) in [5.74, 6) is 2.59. The molecule has 1 aromatic rings. The van der Waals surface area contributed by atoms with Crippen molar-refractivity contribution >= 4 is 0 Å². The molecule has 1 aliphatic carbocycles. The SMILES string of the molecule is COc1ccccc1O[C@@H]1C[C@@H]2CN(CC(C)(C)N3CCOCC3)C[C@@H]2C[C@H]1O. The van der Waals surface area contributed by atoms with Crippen LogP contribution in [-0.2, 0) is 4.74 Å². The highest BCUT2D eigenvalue weighted by Crippen LogP contribution is 2.40. The fourth-order valence-electron chi connectivity index (χ4n) is 5.44. The van der Waals surface area contributed by atoms with Gasteiger partial charge in [0.15, 0.2) is 11.5 Å². The van der Waals surface area contributed by atoms with Gasteiger partial charge in [0.2, 0.25) is 0 Å². The van der Waals surface area contributed by atoms with Gasteiger partial charge in [0.05, 0.1) is 26.4 Å². The zero-order valence-corrected chi connectivity index (χ0v) is 18.0. The summed E-state index contributed by atoms with van der Waals surface area (Å²) >= 11 is 0. The van der Waals surface area contributed by atoms with E-state index in [0.717, 1.165) is 70.3 Å². The molecule has 0 spiro atoms. The molecule has 162 valence electrons. The summed E-state index contributed by atoms with van der Waals surface area (Å²) in [5.41, 5.74) is 0.142. The van der Waals surface area contributed by atoms with Crippen LogP contribution < -0.4 is 9.47 Å². The third-order valence-electron chi connectivity index (χ3n) is 6.99. The first-order valence-electron chi connectivity index (χ1n) is 11.0. The van der Waals surface area contributed by atoms with Crippen LogP contribution in [-0.4, -0.2) is 85.7 Å². The zero-order chi connectivity index (χ0) is 20.4. The van der Waals surface area contributed by atoms with Gasteiger partial charge in [-0.3, -0.25) is 4.90 Å². The topological polar surface area (TPSA) is 54.4 Å². The first-order chi connectivity index (χ1) is 14.0. The van der Waals surface area contributed by atoms with Crippen molar-refractivity contribution in [2.45, 2.75) is 44.4 Å². The Balaban J connectivity index is 1.36. The van der Waals surface area contributed by atoms with Crippen LogP contribution in [0.4, 0.5) is 0 Å². The number of aliphatic hydroxyl groups excluding tert-OH is 1. The average molecular weight is 405 g/mol. The Kier molecular flexibility index (Phi) is 6.35. The number of likely N-dealkylation sites (tertiary alicyclic amines) is 1. The molecule has 2 aliphatic heterocycles. The largest absolute Gasteiger partial charge is 0.493 e. The molecule has 0 radical (unpaired) electrons. The van der Waals surface area contributed by atoms with Crippen LogP contribution >= 0.6 is 0 Å². The Morgan fingerprint density at radius 1 is 1.07 bits per heavy atom. The minimum absolute atomic E-state index is 0.142. The average Bonchev–Trinajstić information content (AvgIpc) is 3.09. The van der Waals surface area contributed by atoms with Gasteiger partial charge in [-0.1, -0.05) is 12.1 Å². The number of nitrogens with zero attached hydrogens (tertiary/aromatic N) is 2. The van der Waals surface area contributed by atoms with E-state index < -0.39 is 6.10 Å². The summed E-state index contributed by atoms with van der Waals surface area (Å²) in [5, 5.41) is 10.8. The number of benzene rings is 1. The summed E-state index contributed by atoms with van der Waals surface area (Å²) in [4.78, 5) is 5.16. The van der Waals surface area contributed by atoms with Crippen molar-refractivity contribution in [3.8, 4) is 11.5 Å². The maximum absolute atomic E-state index is 10.8. The number of morpholine rings is 1. The zero-order valence-electron chi connectivity index (χ0n) is 18.0. The molecule has 3 aliphatic rings. The quantitative estimate of drug-likeness (QED) is 0.785. The van der Waals surface area contributed by atoms with Crippen molar-refractivity contribution in [1.29, 1.82) is 0 Å². The van der Waals surface area contributed by atoms with Crippen molar-refractivity contribution < 1.29 is 19.3 Å². The fraction of sp³-hybridized carbons (Fsp3) is 0.739. The minimum Gasteiger partial charge on any atom is -0.493 e. The van der Waals surface area contributed by atoms with Crippen LogP contribution in [0.1, 0.15) is 26.7 Å². The Morgan fingerprint density at radius 2 is 1.72 bits per heavy atom. The van der Waals surface area contributed by atoms with E-state index in [0.29, 0.717) is 11.8 Å². The molecule has 2 saturated heterocycles. The van der Waals surface area contributed by atoms with Crippen LogP contribution in [0.3, 0.4) is 0 Å². The molecule has 6 heteroatoms. The van der Waals surface area contributed by atoms with E-state index in [-0.39, 0.29) is 11.6 Å². The highest BCUT2D eigenvalue weighted by Gasteiger charge is 2.44. The Hall–Kier alpha value is -1.34. The van der Waals surface area contributed by atoms with E-state index in [1.165, 1.54) is 0 Å². The number of methoxy groups -OCH3 is 1. The Labute approximate surface area is 174 Å². The first kappa shape index (κ1) is 20.9. The lowest BCUT2D eigenvalue weighted by Crippen LogP contribution is -2.55. The molecule has 1 N–H and O–H groups in total. The molecule has 4 rings (SSSR count). The van der Waals surface area contributed by atoms with E-state index in [2.05, 4.69) is 23.6 Å². The summed E-state index contributed by atoms with van der Waals surface area (Å²) in [6, 6.07) is 7.70. The lowest BCUT2D eigenvalue weighted by molar-refractivity contribution is -0.0240. The number of hydrogen-bond donors (Lipinski definition) is 1. The smallest absolute Gasteiger partial charge is 0.161 e. The van der Waals surface area contributed by atoms with E-state index in [9.17, 15) is 5.11 Å². The third kappa shape index (κ3) is 4.71. The predicted octanol–water partition coefficient (Wildman–Crippen LogP) is 2.26. The van der Waals surface area contributed by atoms with Gasteiger partial charge in [0, 0.05) is 38.3 Å². The molecule has 0 amide bonds. The molecule has 0 bridgehead atoms. The standard InChI is InChI=1S/C23H36N2O4/c1-23(2,25-8-10-28-11-9-25)16-24-14-17-12-19(26)22(13-18(17)15-24)29-21-7-5-4-6-20(21)27-3/h4-7,17-19,22,26H,8-16H2,1-3H3/t17-,18+,19+,22+/m0/s1. The van der Waals surface area contributed by atoms with Crippen LogP contribution in [0.5, 0.6) is 11.5 Å². The third-order valence-corrected chi connectivity index (χ3v) is 6.99. The highest BCUT2D eigenvalue weighted by atomic mass is 16.5. The van der Waals surface area contributed by atoms with Gasteiger partial charge < -0.3 is 24.2 Å². The molecule has 0 unspecified atom stereocenters. The molecule has 0 aromatic heterocycles. The summed E-state index contributed by atoms with van der Waals surface area (Å²) in [7, 11) is 1.65. The number of ether oxygens (including phenoxy) is 3. The van der Waals surface area contributed by atoms with Crippen LogP contribution in [0, 0.1) is 11.8 Å². The van der Waals surface area contributed by atoms with E-state index >= 15 is 0 Å². The predicted molar refractivity (Wildman–Crippen MR) is 113 cm³/mol. The summed E-state index contributed by atoms with van der Waals surface area (Å²) in [6.45, 7) is 11.6. The molecular formula is C23H36N2O4. The second-order valence-electron chi connectivity index (χ2n) is 9.47. The maximum atomic E-state index is 10.8.